The molecule has 160 valence electrons. The van der Waals surface area contributed by atoms with Crippen LogP contribution in [-0.2, 0) is 15.6 Å². The Bertz CT molecular complexity index is 968. The molecule has 0 aliphatic rings. The van der Waals surface area contributed by atoms with E-state index in [4.69, 9.17) is 0 Å². The Hall–Kier alpha value is -2.19. The molecule has 8 heteroatoms. The average molecular weight is 421 g/mol. The lowest BCUT2D eigenvalue weighted by atomic mass is 10.1. The molecule has 1 aromatic carbocycles. The monoisotopic (exact) mass is 420 g/mol. The zero-order valence-electron chi connectivity index (χ0n) is 18.4. The Kier molecular flexibility index (Phi) is 6.90. The third-order valence-electron chi connectivity index (χ3n) is 4.63. The van der Waals surface area contributed by atoms with Crippen molar-refractivity contribution in [1.82, 2.24) is 14.1 Å². The number of carbonyl (C=O) groups is 1. The molecule has 0 spiro atoms. The third-order valence-corrected chi connectivity index (χ3v) is 6.68. The predicted octanol–water partition coefficient (Wildman–Crippen LogP) is 4.04. The minimum atomic E-state index is -3.60. The van der Waals surface area contributed by atoms with Crippen LogP contribution in [0.15, 0.2) is 35.2 Å². The van der Waals surface area contributed by atoms with E-state index in [1.807, 2.05) is 25.5 Å². The minimum absolute atomic E-state index is 0.155. The third kappa shape index (κ3) is 5.05. The smallest absolute Gasteiger partial charge is 0.276 e. The highest BCUT2D eigenvalue weighted by atomic mass is 32.2. The highest BCUT2D eigenvalue weighted by Gasteiger charge is 2.25. The van der Waals surface area contributed by atoms with E-state index < -0.39 is 10.0 Å². The molecule has 1 amide bonds. The van der Waals surface area contributed by atoms with Gasteiger partial charge in [0.15, 0.2) is 5.69 Å². The SMILES string of the molecule is CCN(CC)S(=O)(=O)c1cccc(NC(=O)c2cc(C(C)C)n(C(C)(C)C)n2)c1. The van der Waals surface area contributed by atoms with Gasteiger partial charge in [0, 0.05) is 24.5 Å². The standard InChI is InChI=1S/C21H32N4O3S/c1-8-24(9-2)29(27,28)17-12-10-11-16(13-17)22-20(26)18-14-19(15(3)4)25(23-18)21(5,6)7/h10-15H,8-9H2,1-7H3,(H,22,26). The number of aromatic nitrogens is 2. The van der Waals surface area contributed by atoms with Crippen LogP contribution >= 0.6 is 0 Å². The van der Waals surface area contributed by atoms with E-state index in [2.05, 4.69) is 24.3 Å². The summed E-state index contributed by atoms with van der Waals surface area (Å²) in [6.45, 7) is 14.6. The van der Waals surface area contributed by atoms with Crippen LogP contribution in [0.5, 0.6) is 0 Å². The molecule has 1 heterocycles. The first-order valence-corrected chi connectivity index (χ1v) is 11.4. The van der Waals surface area contributed by atoms with E-state index in [9.17, 15) is 13.2 Å². The van der Waals surface area contributed by atoms with Crippen molar-refractivity contribution in [2.75, 3.05) is 18.4 Å². The Labute approximate surface area is 174 Å². The van der Waals surface area contributed by atoms with Gasteiger partial charge in [-0.25, -0.2) is 8.42 Å². The summed E-state index contributed by atoms with van der Waals surface area (Å²) >= 11 is 0. The van der Waals surface area contributed by atoms with E-state index in [1.54, 1.807) is 32.0 Å². The molecule has 0 bridgehead atoms. The lowest BCUT2D eigenvalue weighted by Gasteiger charge is -2.23. The van der Waals surface area contributed by atoms with Crippen molar-refractivity contribution in [1.29, 1.82) is 0 Å². The summed E-state index contributed by atoms with van der Waals surface area (Å²) in [5, 5.41) is 7.28. The predicted molar refractivity (Wildman–Crippen MR) is 116 cm³/mol. The van der Waals surface area contributed by atoms with Crippen molar-refractivity contribution in [3.05, 3.63) is 41.7 Å². The quantitative estimate of drug-likeness (QED) is 0.732. The average Bonchev–Trinajstić information content (AvgIpc) is 3.09. The fourth-order valence-electron chi connectivity index (χ4n) is 3.10. The van der Waals surface area contributed by atoms with E-state index in [-0.39, 0.29) is 22.3 Å². The first-order chi connectivity index (χ1) is 13.4. The van der Waals surface area contributed by atoms with Crippen molar-refractivity contribution in [3.63, 3.8) is 0 Å². The summed E-state index contributed by atoms with van der Waals surface area (Å²) in [7, 11) is -3.60. The van der Waals surface area contributed by atoms with E-state index in [1.165, 1.54) is 16.4 Å². The van der Waals surface area contributed by atoms with Crippen LogP contribution in [0.4, 0.5) is 5.69 Å². The topological polar surface area (TPSA) is 84.3 Å². The van der Waals surface area contributed by atoms with Crippen molar-refractivity contribution in [3.8, 4) is 0 Å². The lowest BCUT2D eigenvalue weighted by Crippen LogP contribution is -2.30. The second kappa shape index (κ2) is 8.67. The van der Waals surface area contributed by atoms with Gasteiger partial charge < -0.3 is 5.32 Å². The Morgan fingerprint density at radius 1 is 1.17 bits per heavy atom. The highest BCUT2D eigenvalue weighted by Crippen LogP contribution is 2.24. The second-order valence-corrected chi connectivity index (χ2v) is 10.2. The van der Waals surface area contributed by atoms with Crippen LogP contribution in [0.1, 0.15) is 70.6 Å². The fraction of sp³-hybridized carbons (Fsp3) is 0.524. The normalized spacial score (nSPS) is 12.6. The number of amides is 1. The Balaban J connectivity index is 2.33. The van der Waals surface area contributed by atoms with Crippen LogP contribution in [-0.4, -0.2) is 41.5 Å². The van der Waals surface area contributed by atoms with Gasteiger partial charge in [-0.3, -0.25) is 9.48 Å². The maximum Gasteiger partial charge on any atom is 0.276 e. The number of hydrogen-bond acceptors (Lipinski definition) is 4. The number of benzene rings is 1. The molecule has 0 unspecified atom stereocenters. The van der Waals surface area contributed by atoms with Crippen LogP contribution < -0.4 is 5.32 Å². The molecule has 0 saturated heterocycles. The van der Waals surface area contributed by atoms with Gasteiger partial charge in [0.05, 0.1) is 10.4 Å². The number of hydrogen-bond donors (Lipinski definition) is 1. The zero-order chi connectivity index (χ0) is 22.0. The van der Waals surface area contributed by atoms with Crippen LogP contribution in [0, 0.1) is 0 Å². The maximum atomic E-state index is 12.8. The molecule has 0 saturated carbocycles. The molecule has 0 radical (unpaired) electrons. The minimum Gasteiger partial charge on any atom is -0.321 e. The van der Waals surface area contributed by atoms with Gasteiger partial charge in [-0.15, -0.1) is 0 Å². The number of nitrogens with zero attached hydrogens (tertiary/aromatic N) is 3. The summed E-state index contributed by atoms with van der Waals surface area (Å²) in [4.78, 5) is 12.9. The van der Waals surface area contributed by atoms with Gasteiger partial charge in [-0.1, -0.05) is 33.8 Å². The molecule has 2 rings (SSSR count). The first-order valence-electron chi connectivity index (χ1n) is 9.93. The van der Waals surface area contributed by atoms with Crippen LogP contribution in [0.2, 0.25) is 0 Å². The van der Waals surface area contributed by atoms with Gasteiger partial charge in [0.25, 0.3) is 5.91 Å². The molecular weight excluding hydrogens is 388 g/mol. The zero-order valence-corrected chi connectivity index (χ0v) is 19.2. The Morgan fingerprint density at radius 3 is 2.28 bits per heavy atom. The second-order valence-electron chi connectivity index (χ2n) is 8.26. The van der Waals surface area contributed by atoms with Gasteiger partial charge in [-0.2, -0.15) is 9.40 Å². The van der Waals surface area contributed by atoms with Gasteiger partial charge in [-0.05, 0) is 51.0 Å². The van der Waals surface area contributed by atoms with Crippen molar-refractivity contribution in [2.24, 2.45) is 0 Å². The largest absolute Gasteiger partial charge is 0.321 e. The molecule has 0 aliphatic heterocycles. The summed E-state index contributed by atoms with van der Waals surface area (Å²) in [6.07, 6.45) is 0. The van der Waals surface area contributed by atoms with Gasteiger partial charge >= 0.3 is 0 Å². The van der Waals surface area contributed by atoms with Crippen molar-refractivity contribution < 1.29 is 13.2 Å². The Morgan fingerprint density at radius 2 is 1.79 bits per heavy atom. The molecule has 7 nitrogen and oxygen atoms in total. The summed E-state index contributed by atoms with van der Waals surface area (Å²) in [5.41, 5.74) is 1.44. The number of rotatable bonds is 7. The van der Waals surface area contributed by atoms with Gasteiger partial charge in [0.1, 0.15) is 0 Å². The first kappa shape index (κ1) is 23.1. The molecule has 2 aromatic rings. The maximum absolute atomic E-state index is 12.8. The van der Waals surface area contributed by atoms with E-state index in [0.29, 0.717) is 24.5 Å². The number of anilines is 1. The number of nitrogens with one attached hydrogen (secondary N) is 1. The fourth-order valence-corrected chi connectivity index (χ4v) is 4.60. The number of carbonyl (C=O) groups excluding carboxylic acids is 1. The molecule has 0 fully saturated rings. The number of sulfonamides is 1. The summed E-state index contributed by atoms with van der Waals surface area (Å²) in [5.74, 6) is -0.155. The van der Waals surface area contributed by atoms with Crippen LogP contribution in [0.3, 0.4) is 0 Å². The molecule has 0 atom stereocenters. The van der Waals surface area contributed by atoms with Crippen molar-refractivity contribution in [2.45, 2.75) is 64.8 Å². The molecule has 29 heavy (non-hydrogen) atoms. The summed E-state index contributed by atoms with van der Waals surface area (Å²) < 4.78 is 28.7. The lowest BCUT2D eigenvalue weighted by molar-refractivity contribution is 0.102. The van der Waals surface area contributed by atoms with Crippen molar-refractivity contribution >= 4 is 21.6 Å². The highest BCUT2D eigenvalue weighted by molar-refractivity contribution is 7.89. The molecule has 0 aliphatic carbocycles. The molecule has 1 aromatic heterocycles. The van der Waals surface area contributed by atoms with Gasteiger partial charge in [0.2, 0.25) is 10.0 Å². The molecule has 1 N–H and O–H groups in total. The van der Waals surface area contributed by atoms with Crippen LogP contribution in [0.25, 0.3) is 0 Å². The molecular formula is C21H32N4O3S. The van der Waals surface area contributed by atoms with E-state index in [0.717, 1.165) is 5.69 Å². The summed E-state index contributed by atoms with van der Waals surface area (Å²) in [6, 6.07) is 8.11. The van der Waals surface area contributed by atoms with E-state index >= 15 is 0 Å².